The Morgan fingerprint density at radius 1 is 1.23 bits per heavy atom. The zero-order chi connectivity index (χ0) is 20.9. The molecule has 0 radical (unpaired) electrons. The van der Waals surface area contributed by atoms with E-state index in [4.69, 9.17) is 21.1 Å². The smallest absolute Gasteiger partial charge is 0.312 e. The first-order valence-electron chi connectivity index (χ1n) is 9.45. The maximum Gasteiger partial charge on any atom is 0.312 e. The molecule has 2 aromatic carbocycles. The molecule has 1 unspecified atom stereocenters. The fourth-order valence-electron chi connectivity index (χ4n) is 3.22. The molecule has 0 aliphatic carbocycles. The SMILES string of the molecule is O=C(COC(=O)Cc1csc(-c2cccc(Cl)c2)n1)NC1CCOc2ccccc21. The van der Waals surface area contributed by atoms with E-state index in [9.17, 15) is 9.59 Å². The van der Waals surface area contributed by atoms with Crippen molar-refractivity contribution < 1.29 is 19.1 Å². The number of halogens is 1. The largest absolute Gasteiger partial charge is 0.493 e. The van der Waals surface area contributed by atoms with Crippen LogP contribution in [0.25, 0.3) is 10.6 Å². The molecule has 0 saturated carbocycles. The monoisotopic (exact) mass is 442 g/mol. The summed E-state index contributed by atoms with van der Waals surface area (Å²) in [5.41, 5.74) is 2.42. The van der Waals surface area contributed by atoms with Crippen LogP contribution in [0.2, 0.25) is 5.02 Å². The standard InChI is InChI=1S/C22H19ClN2O4S/c23-15-5-3-4-14(10-15)22-24-16(13-30-22)11-21(27)29-12-20(26)25-18-8-9-28-19-7-2-1-6-17(18)19/h1-7,10,13,18H,8-9,11-12H2,(H,25,26). The van der Waals surface area contributed by atoms with Crippen molar-refractivity contribution in [2.75, 3.05) is 13.2 Å². The van der Waals surface area contributed by atoms with Crippen LogP contribution in [-0.2, 0) is 20.7 Å². The third kappa shape index (κ3) is 4.98. The predicted molar refractivity (Wildman–Crippen MR) is 115 cm³/mol. The van der Waals surface area contributed by atoms with Crippen LogP contribution < -0.4 is 10.1 Å². The molecule has 154 valence electrons. The second-order valence-electron chi connectivity index (χ2n) is 6.79. The molecule has 1 N–H and O–H groups in total. The number of nitrogens with zero attached hydrogens (tertiary/aromatic N) is 1. The van der Waals surface area contributed by atoms with Crippen molar-refractivity contribution in [3.8, 4) is 16.3 Å². The van der Waals surface area contributed by atoms with Gasteiger partial charge in [-0.2, -0.15) is 0 Å². The van der Waals surface area contributed by atoms with Gasteiger partial charge in [0, 0.05) is 28.0 Å². The number of thiazole rings is 1. The van der Waals surface area contributed by atoms with Gasteiger partial charge >= 0.3 is 5.97 Å². The minimum Gasteiger partial charge on any atom is -0.493 e. The Morgan fingerprint density at radius 2 is 2.10 bits per heavy atom. The van der Waals surface area contributed by atoms with Crippen molar-refractivity contribution >= 4 is 34.8 Å². The number of esters is 1. The summed E-state index contributed by atoms with van der Waals surface area (Å²) in [6.07, 6.45) is 0.673. The number of fused-ring (bicyclic) bond motifs is 1. The Labute approximate surface area is 182 Å². The molecule has 2 heterocycles. The number of ether oxygens (including phenoxy) is 2. The first-order chi connectivity index (χ1) is 14.6. The number of carbonyl (C=O) groups is 2. The average Bonchev–Trinajstić information content (AvgIpc) is 3.21. The highest BCUT2D eigenvalue weighted by Gasteiger charge is 2.23. The van der Waals surface area contributed by atoms with Crippen molar-refractivity contribution in [1.82, 2.24) is 10.3 Å². The van der Waals surface area contributed by atoms with Crippen LogP contribution in [-0.4, -0.2) is 30.1 Å². The molecule has 3 aromatic rings. The van der Waals surface area contributed by atoms with Gasteiger partial charge in [0.1, 0.15) is 10.8 Å². The molecule has 8 heteroatoms. The number of carbonyl (C=O) groups excluding carboxylic acids is 2. The number of para-hydroxylation sites is 1. The van der Waals surface area contributed by atoms with Crippen molar-refractivity contribution in [2.24, 2.45) is 0 Å². The van der Waals surface area contributed by atoms with Crippen molar-refractivity contribution in [2.45, 2.75) is 18.9 Å². The average molecular weight is 443 g/mol. The minimum atomic E-state index is -0.500. The van der Waals surface area contributed by atoms with Gasteiger partial charge in [0.05, 0.1) is 24.8 Å². The maximum absolute atomic E-state index is 12.2. The summed E-state index contributed by atoms with van der Waals surface area (Å²) < 4.78 is 10.7. The molecule has 1 atom stereocenters. The van der Waals surface area contributed by atoms with E-state index in [1.807, 2.05) is 42.5 Å². The number of hydrogen-bond donors (Lipinski definition) is 1. The van der Waals surface area contributed by atoms with Gasteiger partial charge in [-0.15, -0.1) is 11.3 Å². The Balaban J connectivity index is 1.28. The van der Waals surface area contributed by atoms with Crippen LogP contribution in [0.5, 0.6) is 5.75 Å². The highest BCUT2D eigenvalue weighted by molar-refractivity contribution is 7.13. The third-order valence-electron chi connectivity index (χ3n) is 4.61. The molecular weight excluding hydrogens is 424 g/mol. The van der Waals surface area contributed by atoms with Gasteiger partial charge in [-0.25, -0.2) is 4.98 Å². The van der Waals surface area contributed by atoms with Crippen LogP contribution in [0.1, 0.15) is 23.7 Å². The molecule has 0 spiro atoms. The van der Waals surface area contributed by atoms with Gasteiger partial charge in [0.15, 0.2) is 6.61 Å². The van der Waals surface area contributed by atoms with E-state index >= 15 is 0 Å². The number of amides is 1. The maximum atomic E-state index is 12.2. The summed E-state index contributed by atoms with van der Waals surface area (Å²) in [6, 6.07) is 14.8. The lowest BCUT2D eigenvalue weighted by molar-refractivity contribution is -0.148. The van der Waals surface area contributed by atoms with E-state index in [-0.39, 0.29) is 25.0 Å². The number of rotatable bonds is 6. The summed E-state index contributed by atoms with van der Waals surface area (Å²) in [4.78, 5) is 28.8. The van der Waals surface area contributed by atoms with E-state index in [0.717, 1.165) is 21.9 Å². The lowest BCUT2D eigenvalue weighted by Crippen LogP contribution is -2.35. The van der Waals surface area contributed by atoms with Gasteiger partial charge in [0.25, 0.3) is 5.91 Å². The third-order valence-corrected chi connectivity index (χ3v) is 5.78. The Morgan fingerprint density at radius 3 is 2.97 bits per heavy atom. The zero-order valence-electron chi connectivity index (χ0n) is 16.0. The summed E-state index contributed by atoms with van der Waals surface area (Å²) in [5, 5.41) is 6.11. The van der Waals surface area contributed by atoms with Gasteiger partial charge in [0.2, 0.25) is 0 Å². The predicted octanol–water partition coefficient (Wildman–Crippen LogP) is 4.19. The molecular formula is C22H19ClN2O4S. The molecule has 1 aromatic heterocycles. The normalized spacial score (nSPS) is 15.0. The summed E-state index contributed by atoms with van der Waals surface area (Å²) >= 11 is 7.44. The molecule has 0 fully saturated rings. The zero-order valence-corrected chi connectivity index (χ0v) is 17.5. The Bertz CT molecular complexity index is 1070. The molecule has 6 nitrogen and oxygen atoms in total. The van der Waals surface area contributed by atoms with E-state index in [1.54, 1.807) is 11.4 Å². The summed E-state index contributed by atoms with van der Waals surface area (Å²) in [5.74, 6) is -0.0755. The quantitative estimate of drug-likeness (QED) is 0.579. The number of hydrogen-bond acceptors (Lipinski definition) is 6. The fourth-order valence-corrected chi connectivity index (χ4v) is 4.22. The number of nitrogens with one attached hydrogen (secondary N) is 1. The molecule has 1 aliphatic rings. The van der Waals surface area contributed by atoms with Crippen LogP contribution >= 0.6 is 22.9 Å². The van der Waals surface area contributed by atoms with Crippen LogP contribution in [0.3, 0.4) is 0 Å². The topological polar surface area (TPSA) is 77.5 Å². The van der Waals surface area contributed by atoms with E-state index < -0.39 is 5.97 Å². The highest BCUT2D eigenvalue weighted by Crippen LogP contribution is 2.31. The van der Waals surface area contributed by atoms with E-state index in [0.29, 0.717) is 23.7 Å². The van der Waals surface area contributed by atoms with Crippen LogP contribution in [0, 0.1) is 0 Å². The highest BCUT2D eigenvalue weighted by atomic mass is 35.5. The van der Waals surface area contributed by atoms with Crippen molar-refractivity contribution in [3.05, 3.63) is 70.2 Å². The second-order valence-corrected chi connectivity index (χ2v) is 8.08. The molecule has 30 heavy (non-hydrogen) atoms. The first-order valence-corrected chi connectivity index (χ1v) is 10.7. The van der Waals surface area contributed by atoms with Crippen LogP contribution in [0.15, 0.2) is 53.9 Å². The second kappa shape index (κ2) is 9.28. The molecule has 0 saturated heterocycles. The lowest BCUT2D eigenvalue weighted by atomic mass is 10.0. The van der Waals surface area contributed by atoms with Crippen molar-refractivity contribution in [3.63, 3.8) is 0 Å². The summed E-state index contributed by atoms with van der Waals surface area (Å²) in [6.45, 7) is 0.199. The minimum absolute atomic E-state index is 0.00441. The fraction of sp³-hybridized carbons (Fsp3) is 0.227. The number of aromatic nitrogens is 1. The van der Waals surface area contributed by atoms with Crippen molar-refractivity contribution in [1.29, 1.82) is 0 Å². The summed E-state index contributed by atoms with van der Waals surface area (Å²) in [7, 11) is 0. The van der Waals surface area contributed by atoms with Crippen LogP contribution in [0.4, 0.5) is 0 Å². The Hall–Kier alpha value is -2.90. The van der Waals surface area contributed by atoms with Gasteiger partial charge < -0.3 is 14.8 Å². The number of benzene rings is 2. The molecule has 0 bridgehead atoms. The van der Waals surface area contributed by atoms with Gasteiger partial charge in [-0.05, 0) is 18.2 Å². The molecule has 4 rings (SSSR count). The van der Waals surface area contributed by atoms with Gasteiger partial charge in [-0.3, -0.25) is 9.59 Å². The molecule has 1 aliphatic heterocycles. The van der Waals surface area contributed by atoms with Gasteiger partial charge in [-0.1, -0.05) is 41.9 Å². The molecule has 1 amide bonds. The lowest BCUT2D eigenvalue weighted by Gasteiger charge is -2.26. The first kappa shape index (κ1) is 20.4. The van der Waals surface area contributed by atoms with E-state index in [2.05, 4.69) is 10.3 Å². The van der Waals surface area contributed by atoms with E-state index in [1.165, 1.54) is 11.3 Å². The Kier molecular flexibility index (Phi) is 6.30.